The normalized spacial score (nSPS) is 14.6. The number of rotatable bonds is 5. The molecule has 1 aliphatic heterocycles. The topological polar surface area (TPSA) is 78.7 Å². The first-order valence-electron chi connectivity index (χ1n) is 10.5. The van der Waals surface area contributed by atoms with E-state index in [-0.39, 0.29) is 5.91 Å². The quantitative estimate of drug-likeness (QED) is 0.506. The number of anilines is 2. The van der Waals surface area contributed by atoms with Crippen molar-refractivity contribution in [3.05, 3.63) is 71.8 Å². The zero-order chi connectivity index (χ0) is 21.9. The maximum atomic E-state index is 12.4. The van der Waals surface area contributed by atoms with Crippen molar-refractivity contribution in [3.8, 4) is 11.4 Å². The molecule has 0 unspecified atom stereocenters. The van der Waals surface area contributed by atoms with Crippen molar-refractivity contribution in [3.63, 3.8) is 0 Å². The highest BCUT2D eigenvalue weighted by Crippen LogP contribution is 2.20. The molecule has 9 heteroatoms. The van der Waals surface area contributed by atoms with Crippen LogP contribution in [-0.4, -0.2) is 63.3 Å². The van der Waals surface area contributed by atoms with Crippen LogP contribution in [0.15, 0.2) is 66.7 Å². The van der Waals surface area contributed by atoms with Crippen LogP contribution in [0, 0.1) is 0 Å². The third-order valence-electron chi connectivity index (χ3n) is 5.47. The number of nitrogens with one attached hydrogen (secondary N) is 1. The van der Waals surface area contributed by atoms with Crippen molar-refractivity contribution in [2.45, 2.75) is 0 Å². The van der Waals surface area contributed by atoms with E-state index >= 15 is 0 Å². The molecule has 0 bridgehead atoms. The van der Waals surface area contributed by atoms with Crippen LogP contribution >= 0.6 is 11.6 Å². The van der Waals surface area contributed by atoms with Crippen LogP contribution < -0.4 is 10.2 Å². The Morgan fingerprint density at radius 1 is 0.906 bits per heavy atom. The largest absolute Gasteiger partial charge is 0.353 e. The standard InChI is InChI=1S/C23H22ClN7O/c24-18-6-8-19(9-7-18)25-22(32)16-29-12-14-30(15-13-29)21-11-10-20-26-27-23(31(20)28-21)17-4-2-1-3-5-17/h1-11H,12-16H2,(H,25,32). The van der Waals surface area contributed by atoms with E-state index in [2.05, 4.69) is 25.3 Å². The van der Waals surface area contributed by atoms with E-state index in [4.69, 9.17) is 16.7 Å². The van der Waals surface area contributed by atoms with Crippen molar-refractivity contribution in [1.29, 1.82) is 0 Å². The van der Waals surface area contributed by atoms with Crippen molar-refractivity contribution in [2.24, 2.45) is 0 Å². The van der Waals surface area contributed by atoms with Gasteiger partial charge in [0.2, 0.25) is 5.91 Å². The van der Waals surface area contributed by atoms with Crippen LogP contribution in [0.25, 0.3) is 17.0 Å². The number of aromatic nitrogens is 4. The Morgan fingerprint density at radius 2 is 1.66 bits per heavy atom. The highest BCUT2D eigenvalue weighted by Gasteiger charge is 2.21. The molecule has 0 saturated carbocycles. The zero-order valence-corrected chi connectivity index (χ0v) is 18.1. The van der Waals surface area contributed by atoms with Crippen molar-refractivity contribution in [1.82, 2.24) is 24.7 Å². The molecule has 0 radical (unpaired) electrons. The fraction of sp³-hybridized carbons (Fsp3) is 0.217. The van der Waals surface area contributed by atoms with E-state index in [1.807, 2.05) is 42.5 Å². The molecule has 162 valence electrons. The fourth-order valence-corrected chi connectivity index (χ4v) is 3.91. The molecule has 1 saturated heterocycles. The molecule has 3 heterocycles. The number of carbonyl (C=O) groups is 1. The highest BCUT2D eigenvalue weighted by atomic mass is 35.5. The second-order valence-corrected chi connectivity index (χ2v) is 8.11. The Kier molecular flexibility index (Phi) is 5.70. The van der Waals surface area contributed by atoms with Gasteiger partial charge < -0.3 is 10.2 Å². The first-order valence-corrected chi connectivity index (χ1v) is 10.8. The Morgan fingerprint density at radius 3 is 2.41 bits per heavy atom. The predicted molar refractivity (Wildman–Crippen MR) is 125 cm³/mol. The molecule has 8 nitrogen and oxygen atoms in total. The van der Waals surface area contributed by atoms with Crippen LogP contribution in [0.5, 0.6) is 0 Å². The zero-order valence-electron chi connectivity index (χ0n) is 17.4. The molecular formula is C23H22ClN7O. The van der Waals surface area contributed by atoms with Crippen molar-refractivity contribution < 1.29 is 4.79 Å². The van der Waals surface area contributed by atoms with E-state index < -0.39 is 0 Å². The number of halogens is 1. The molecule has 1 amide bonds. The molecule has 2 aromatic heterocycles. The highest BCUT2D eigenvalue weighted by molar-refractivity contribution is 6.30. The molecule has 0 atom stereocenters. The van der Waals surface area contributed by atoms with Gasteiger partial charge in [0.25, 0.3) is 0 Å². The number of benzene rings is 2. The first kappa shape index (κ1) is 20.4. The molecule has 1 fully saturated rings. The van der Waals surface area contributed by atoms with Gasteiger partial charge in [-0.1, -0.05) is 41.9 Å². The summed E-state index contributed by atoms with van der Waals surface area (Å²) < 4.78 is 1.79. The number of nitrogens with zero attached hydrogens (tertiary/aromatic N) is 6. The number of carbonyl (C=O) groups excluding carboxylic acids is 1. The second-order valence-electron chi connectivity index (χ2n) is 7.67. The van der Waals surface area contributed by atoms with Gasteiger partial charge in [0.1, 0.15) is 5.82 Å². The maximum absolute atomic E-state index is 12.4. The summed E-state index contributed by atoms with van der Waals surface area (Å²) in [6, 6.07) is 21.0. The molecule has 1 aliphatic rings. The lowest BCUT2D eigenvalue weighted by Gasteiger charge is -2.34. The molecule has 4 aromatic rings. The summed E-state index contributed by atoms with van der Waals surface area (Å²) in [6.07, 6.45) is 0. The maximum Gasteiger partial charge on any atom is 0.238 e. The van der Waals surface area contributed by atoms with Crippen LogP contribution in [0.3, 0.4) is 0 Å². The summed E-state index contributed by atoms with van der Waals surface area (Å²) in [6.45, 7) is 3.49. The lowest BCUT2D eigenvalue weighted by molar-refractivity contribution is -0.117. The molecule has 2 aromatic carbocycles. The van der Waals surface area contributed by atoms with Gasteiger partial charge in [0.05, 0.1) is 6.54 Å². The average molecular weight is 448 g/mol. The molecule has 0 spiro atoms. The smallest absolute Gasteiger partial charge is 0.238 e. The number of piperazine rings is 1. The van der Waals surface area contributed by atoms with E-state index in [0.29, 0.717) is 17.2 Å². The predicted octanol–water partition coefficient (Wildman–Crippen LogP) is 3.21. The van der Waals surface area contributed by atoms with Crippen LogP contribution in [0.4, 0.5) is 11.5 Å². The Hall–Kier alpha value is -3.49. The summed E-state index contributed by atoms with van der Waals surface area (Å²) in [5.74, 6) is 1.57. The summed E-state index contributed by atoms with van der Waals surface area (Å²) in [4.78, 5) is 16.7. The SMILES string of the molecule is O=C(CN1CCN(c2ccc3nnc(-c4ccccc4)n3n2)CC1)Nc1ccc(Cl)cc1. The first-order chi connectivity index (χ1) is 15.7. The van der Waals surface area contributed by atoms with Gasteiger partial charge >= 0.3 is 0 Å². The van der Waals surface area contributed by atoms with E-state index in [0.717, 1.165) is 49.1 Å². The summed E-state index contributed by atoms with van der Waals surface area (Å²) in [5.41, 5.74) is 2.44. The third kappa shape index (κ3) is 4.42. The summed E-state index contributed by atoms with van der Waals surface area (Å²) in [7, 11) is 0. The third-order valence-corrected chi connectivity index (χ3v) is 5.72. The van der Waals surface area contributed by atoms with Gasteiger partial charge in [-0.15, -0.1) is 15.3 Å². The van der Waals surface area contributed by atoms with Crippen LogP contribution in [0.1, 0.15) is 0 Å². The number of amides is 1. The molecule has 5 rings (SSSR count). The van der Waals surface area contributed by atoms with Crippen LogP contribution in [-0.2, 0) is 4.79 Å². The monoisotopic (exact) mass is 447 g/mol. The Bertz CT molecular complexity index is 1220. The van der Waals surface area contributed by atoms with Gasteiger partial charge in [-0.3, -0.25) is 9.69 Å². The molecule has 1 N–H and O–H groups in total. The minimum Gasteiger partial charge on any atom is -0.353 e. The molecule has 32 heavy (non-hydrogen) atoms. The molecular weight excluding hydrogens is 426 g/mol. The average Bonchev–Trinajstić information content (AvgIpc) is 3.25. The lowest BCUT2D eigenvalue weighted by atomic mass is 10.2. The lowest BCUT2D eigenvalue weighted by Crippen LogP contribution is -2.49. The van der Waals surface area contributed by atoms with Gasteiger partial charge in [-0.2, -0.15) is 4.52 Å². The summed E-state index contributed by atoms with van der Waals surface area (Å²) >= 11 is 5.89. The fourth-order valence-electron chi connectivity index (χ4n) is 3.79. The minimum absolute atomic E-state index is 0.0303. The summed E-state index contributed by atoms with van der Waals surface area (Å²) in [5, 5.41) is 16.9. The number of hydrogen-bond donors (Lipinski definition) is 1. The van der Waals surface area contributed by atoms with Crippen molar-refractivity contribution >= 4 is 34.7 Å². The molecule has 0 aliphatic carbocycles. The number of fused-ring (bicyclic) bond motifs is 1. The Labute approximate surface area is 190 Å². The van der Waals surface area contributed by atoms with Crippen molar-refractivity contribution in [2.75, 3.05) is 42.9 Å². The van der Waals surface area contributed by atoms with E-state index in [1.165, 1.54) is 0 Å². The van der Waals surface area contributed by atoms with Gasteiger partial charge in [-0.25, -0.2) is 0 Å². The van der Waals surface area contributed by atoms with E-state index in [1.54, 1.807) is 28.8 Å². The van der Waals surface area contributed by atoms with E-state index in [9.17, 15) is 4.79 Å². The Balaban J connectivity index is 1.22. The minimum atomic E-state index is -0.0303. The second kappa shape index (κ2) is 8.94. The number of hydrogen-bond acceptors (Lipinski definition) is 6. The van der Waals surface area contributed by atoms with Gasteiger partial charge in [-0.05, 0) is 36.4 Å². The van der Waals surface area contributed by atoms with Crippen LogP contribution in [0.2, 0.25) is 5.02 Å². The van der Waals surface area contributed by atoms with Gasteiger partial charge in [0, 0.05) is 42.5 Å². The van der Waals surface area contributed by atoms with Gasteiger partial charge in [0.15, 0.2) is 11.5 Å².